The van der Waals surface area contributed by atoms with E-state index in [1.807, 2.05) is 12.1 Å². The van der Waals surface area contributed by atoms with Gasteiger partial charge < -0.3 is 10.1 Å². The second-order valence-corrected chi connectivity index (χ2v) is 7.28. The van der Waals surface area contributed by atoms with Crippen molar-refractivity contribution in [3.05, 3.63) is 69.7 Å². The highest BCUT2D eigenvalue weighted by atomic mass is 35.5. The van der Waals surface area contributed by atoms with Crippen molar-refractivity contribution in [2.24, 2.45) is 5.92 Å². The molecule has 1 aliphatic heterocycles. The van der Waals surface area contributed by atoms with Crippen molar-refractivity contribution < 1.29 is 17.9 Å². The molecule has 0 aromatic heterocycles. The van der Waals surface area contributed by atoms with E-state index in [9.17, 15) is 13.2 Å². The van der Waals surface area contributed by atoms with E-state index in [0.717, 1.165) is 23.2 Å². The molecule has 3 atom stereocenters. The van der Waals surface area contributed by atoms with Crippen molar-refractivity contribution in [3.63, 3.8) is 0 Å². The second-order valence-electron chi connectivity index (χ2n) is 6.44. The minimum absolute atomic E-state index is 0.000205. The Hall–Kier alpha value is -1.85. The van der Waals surface area contributed by atoms with Gasteiger partial charge in [0.2, 0.25) is 0 Å². The summed E-state index contributed by atoms with van der Waals surface area (Å²) < 4.78 is 41.6. The molecule has 4 rings (SSSR count). The van der Waals surface area contributed by atoms with Crippen LogP contribution in [0.2, 0.25) is 10.0 Å². The molecular weight excluding hydrogens is 386 g/mol. The van der Waals surface area contributed by atoms with Gasteiger partial charge in [-0.25, -0.2) is 0 Å². The Kier molecular flexibility index (Phi) is 4.32. The Morgan fingerprint density at radius 1 is 1.04 bits per heavy atom. The summed E-state index contributed by atoms with van der Waals surface area (Å²) in [4.78, 5) is 0. The smallest absolute Gasteiger partial charge is 0.406 e. The van der Waals surface area contributed by atoms with Gasteiger partial charge in [0.25, 0.3) is 0 Å². The number of allylic oxidation sites excluding steroid dienone is 2. The highest BCUT2D eigenvalue weighted by Gasteiger charge is 2.39. The van der Waals surface area contributed by atoms with Gasteiger partial charge in [-0.1, -0.05) is 41.4 Å². The highest BCUT2D eigenvalue weighted by Crippen LogP contribution is 2.51. The Morgan fingerprint density at radius 3 is 2.58 bits per heavy atom. The van der Waals surface area contributed by atoms with Gasteiger partial charge in [-0.05, 0) is 53.8 Å². The van der Waals surface area contributed by atoms with E-state index in [4.69, 9.17) is 23.2 Å². The molecule has 0 unspecified atom stereocenters. The van der Waals surface area contributed by atoms with Crippen LogP contribution in [0.3, 0.4) is 0 Å². The molecule has 0 saturated carbocycles. The number of fused-ring (bicyclic) bond motifs is 3. The summed E-state index contributed by atoms with van der Waals surface area (Å²) in [6.45, 7) is 0. The lowest BCUT2D eigenvalue weighted by molar-refractivity contribution is -0.274. The van der Waals surface area contributed by atoms with Gasteiger partial charge in [0, 0.05) is 21.7 Å². The molecule has 0 radical (unpaired) electrons. The Labute approximate surface area is 158 Å². The van der Waals surface area contributed by atoms with Gasteiger partial charge >= 0.3 is 6.36 Å². The van der Waals surface area contributed by atoms with Crippen LogP contribution in [0.1, 0.15) is 29.5 Å². The summed E-state index contributed by atoms with van der Waals surface area (Å²) in [7, 11) is 0. The van der Waals surface area contributed by atoms with Gasteiger partial charge in [0.15, 0.2) is 0 Å². The van der Waals surface area contributed by atoms with Crippen LogP contribution in [0.15, 0.2) is 48.6 Å². The zero-order valence-electron chi connectivity index (χ0n) is 13.4. The molecule has 136 valence electrons. The molecule has 0 saturated heterocycles. The maximum Gasteiger partial charge on any atom is 0.573 e. The molecule has 0 spiro atoms. The molecule has 2 aromatic rings. The van der Waals surface area contributed by atoms with Crippen molar-refractivity contribution in [2.45, 2.75) is 24.7 Å². The van der Waals surface area contributed by atoms with Gasteiger partial charge in [-0.15, -0.1) is 13.2 Å². The van der Waals surface area contributed by atoms with E-state index < -0.39 is 6.36 Å². The zero-order valence-corrected chi connectivity index (χ0v) is 14.9. The van der Waals surface area contributed by atoms with E-state index in [2.05, 4.69) is 16.1 Å². The largest absolute Gasteiger partial charge is 0.573 e. The van der Waals surface area contributed by atoms with Crippen LogP contribution in [0.4, 0.5) is 18.9 Å². The first-order valence-corrected chi connectivity index (χ1v) is 8.85. The Balaban J connectivity index is 1.72. The van der Waals surface area contributed by atoms with Crippen molar-refractivity contribution in [1.82, 2.24) is 0 Å². The molecule has 0 bridgehead atoms. The van der Waals surface area contributed by atoms with Crippen LogP contribution < -0.4 is 10.1 Å². The number of alkyl halides is 3. The maximum atomic E-state index is 12.5. The van der Waals surface area contributed by atoms with E-state index in [-0.39, 0.29) is 23.6 Å². The molecular formula is C19H14Cl2F3NO. The SMILES string of the molecule is FC(F)(F)Oc1ccc2c(c1)[C@H]1C=CC[C@H]1[C@H](c1ccc(Cl)cc1Cl)N2. The quantitative estimate of drug-likeness (QED) is 0.565. The lowest BCUT2D eigenvalue weighted by Gasteiger charge is -2.38. The molecule has 26 heavy (non-hydrogen) atoms. The van der Waals surface area contributed by atoms with Crippen molar-refractivity contribution >= 4 is 28.9 Å². The van der Waals surface area contributed by atoms with E-state index in [1.54, 1.807) is 18.2 Å². The molecule has 0 amide bonds. The number of benzene rings is 2. The van der Waals surface area contributed by atoms with Crippen molar-refractivity contribution in [2.75, 3.05) is 5.32 Å². The van der Waals surface area contributed by atoms with Gasteiger partial charge in [0.1, 0.15) is 5.75 Å². The first-order chi connectivity index (χ1) is 12.3. The average molecular weight is 400 g/mol. The Morgan fingerprint density at radius 2 is 1.85 bits per heavy atom. The molecule has 1 aliphatic carbocycles. The number of hydrogen-bond acceptors (Lipinski definition) is 2. The zero-order chi connectivity index (χ0) is 18.5. The van der Waals surface area contributed by atoms with E-state index in [0.29, 0.717) is 10.0 Å². The van der Waals surface area contributed by atoms with Gasteiger partial charge in [-0.2, -0.15) is 0 Å². The van der Waals surface area contributed by atoms with Crippen LogP contribution >= 0.6 is 23.2 Å². The number of hydrogen-bond donors (Lipinski definition) is 1. The van der Waals surface area contributed by atoms with Crippen LogP contribution in [0.25, 0.3) is 0 Å². The van der Waals surface area contributed by atoms with Crippen molar-refractivity contribution in [3.8, 4) is 5.75 Å². The lowest BCUT2D eigenvalue weighted by Crippen LogP contribution is -2.29. The number of anilines is 1. The first kappa shape index (κ1) is 17.6. The first-order valence-electron chi connectivity index (χ1n) is 8.10. The predicted octanol–water partition coefficient (Wildman–Crippen LogP) is 6.72. The fourth-order valence-corrected chi connectivity index (χ4v) is 4.36. The van der Waals surface area contributed by atoms with E-state index >= 15 is 0 Å². The monoisotopic (exact) mass is 399 g/mol. The topological polar surface area (TPSA) is 21.3 Å². The fraction of sp³-hybridized carbons (Fsp3) is 0.263. The number of halogens is 5. The van der Waals surface area contributed by atoms with E-state index in [1.165, 1.54) is 12.1 Å². The third-order valence-electron chi connectivity index (χ3n) is 4.87. The normalized spacial score (nSPS) is 24.0. The summed E-state index contributed by atoms with van der Waals surface area (Å²) in [5.74, 6) is -0.0536. The van der Waals surface area contributed by atoms with Gasteiger partial charge in [-0.3, -0.25) is 0 Å². The summed E-state index contributed by atoms with van der Waals surface area (Å²) in [6, 6.07) is 9.73. The number of ether oxygens (including phenoxy) is 1. The minimum Gasteiger partial charge on any atom is -0.406 e. The summed E-state index contributed by atoms with van der Waals surface area (Å²) in [6.07, 6.45) is 0.199. The molecule has 1 heterocycles. The van der Waals surface area contributed by atoms with Gasteiger partial charge in [0.05, 0.1) is 6.04 Å². The lowest BCUT2D eigenvalue weighted by atomic mass is 9.77. The third-order valence-corrected chi connectivity index (χ3v) is 5.43. The molecule has 2 aliphatic rings. The maximum absolute atomic E-state index is 12.5. The molecule has 0 fully saturated rings. The molecule has 2 nitrogen and oxygen atoms in total. The minimum atomic E-state index is -4.71. The predicted molar refractivity (Wildman–Crippen MR) is 95.9 cm³/mol. The number of nitrogens with one attached hydrogen (secondary N) is 1. The summed E-state index contributed by atoms with van der Waals surface area (Å²) in [5, 5.41) is 4.56. The third kappa shape index (κ3) is 3.26. The highest BCUT2D eigenvalue weighted by molar-refractivity contribution is 6.35. The van der Waals surface area contributed by atoms with Crippen LogP contribution in [-0.4, -0.2) is 6.36 Å². The second kappa shape index (κ2) is 6.39. The van der Waals surface area contributed by atoms with Crippen LogP contribution in [0, 0.1) is 5.92 Å². The molecule has 1 N–H and O–H groups in total. The molecule has 7 heteroatoms. The van der Waals surface area contributed by atoms with Crippen LogP contribution in [0.5, 0.6) is 5.75 Å². The van der Waals surface area contributed by atoms with Crippen LogP contribution in [-0.2, 0) is 0 Å². The molecule has 2 aromatic carbocycles. The number of rotatable bonds is 2. The summed E-state index contributed by atoms with van der Waals surface area (Å²) in [5.41, 5.74) is 2.51. The average Bonchev–Trinajstić information content (AvgIpc) is 3.03. The fourth-order valence-electron chi connectivity index (χ4n) is 3.83. The van der Waals surface area contributed by atoms with Crippen molar-refractivity contribution in [1.29, 1.82) is 0 Å². The Bertz CT molecular complexity index is 882. The standard InChI is InChI=1S/C19H14Cl2F3NO/c20-10-4-6-14(16(21)8-10)18-13-3-1-2-12(13)15-9-11(26-19(22,23)24)5-7-17(15)25-18/h1-2,4-9,12-13,18,25H,3H2/t12-,13+,18+/m0/s1. The summed E-state index contributed by atoms with van der Waals surface area (Å²) >= 11 is 12.4.